The Kier molecular flexibility index (Phi) is 4.41. The van der Waals surface area contributed by atoms with Crippen LogP contribution in [0, 0.1) is 0 Å². The summed E-state index contributed by atoms with van der Waals surface area (Å²) < 4.78 is 2.44. The molecule has 0 saturated carbocycles. The first-order valence-corrected chi connectivity index (χ1v) is 11.6. The Morgan fingerprint density at radius 1 is 0.545 bits per heavy atom. The lowest BCUT2D eigenvalue weighted by molar-refractivity contribution is 0.591. The van der Waals surface area contributed by atoms with E-state index in [9.17, 15) is 0 Å². The zero-order valence-corrected chi connectivity index (χ0v) is 19.3. The molecule has 0 radical (unpaired) electrons. The van der Waals surface area contributed by atoms with E-state index in [1.165, 1.54) is 55.0 Å². The van der Waals surface area contributed by atoms with Crippen molar-refractivity contribution in [1.82, 2.24) is 4.57 Å². The molecule has 0 unspecified atom stereocenters. The highest BCUT2D eigenvalue weighted by Gasteiger charge is 2.18. The van der Waals surface area contributed by atoms with Gasteiger partial charge in [-0.1, -0.05) is 106 Å². The molecule has 6 rings (SSSR count). The van der Waals surface area contributed by atoms with E-state index < -0.39 is 0 Å². The number of hydrogen-bond acceptors (Lipinski definition) is 0. The van der Waals surface area contributed by atoms with Crippen molar-refractivity contribution in [1.29, 1.82) is 0 Å². The first kappa shape index (κ1) is 19.8. The molecule has 0 spiro atoms. The van der Waals surface area contributed by atoms with Gasteiger partial charge in [0.1, 0.15) is 0 Å². The fraction of sp³-hybridized carbons (Fsp3) is 0.125. The molecule has 33 heavy (non-hydrogen) atoms. The number of aromatic nitrogens is 1. The summed E-state index contributed by atoms with van der Waals surface area (Å²) in [6.45, 7) is 6.85. The Morgan fingerprint density at radius 2 is 1.21 bits per heavy atom. The van der Waals surface area contributed by atoms with Crippen LogP contribution in [0.2, 0.25) is 0 Å². The fourth-order valence-electron chi connectivity index (χ4n) is 4.95. The average Bonchev–Trinajstić information content (AvgIpc) is 3.19. The summed E-state index contributed by atoms with van der Waals surface area (Å²) in [4.78, 5) is 0. The highest BCUT2D eigenvalue weighted by atomic mass is 15.0. The summed E-state index contributed by atoms with van der Waals surface area (Å²) in [6, 6.07) is 39.8. The van der Waals surface area contributed by atoms with Gasteiger partial charge in [0.2, 0.25) is 0 Å². The van der Waals surface area contributed by atoms with Crippen LogP contribution in [-0.2, 0) is 5.41 Å². The van der Waals surface area contributed by atoms with E-state index in [-0.39, 0.29) is 5.41 Å². The molecular formula is C32H27N. The van der Waals surface area contributed by atoms with Crippen molar-refractivity contribution < 1.29 is 0 Å². The normalized spacial score (nSPS) is 12.1. The maximum atomic E-state index is 2.44. The number of hydrogen-bond donors (Lipinski definition) is 0. The quantitative estimate of drug-likeness (QED) is 0.261. The molecule has 1 nitrogen and oxygen atoms in total. The second-order valence-electron chi connectivity index (χ2n) is 9.91. The second kappa shape index (κ2) is 7.35. The summed E-state index contributed by atoms with van der Waals surface area (Å²) in [6.07, 6.45) is 0. The average molecular weight is 426 g/mol. The van der Waals surface area contributed by atoms with Crippen LogP contribution in [0.25, 0.3) is 49.4 Å². The predicted molar refractivity (Wildman–Crippen MR) is 142 cm³/mol. The van der Waals surface area contributed by atoms with E-state index in [1.54, 1.807) is 0 Å². The van der Waals surface area contributed by atoms with Crippen LogP contribution in [-0.4, -0.2) is 4.57 Å². The third-order valence-corrected chi connectivity index (χ3v) is 6.75. The van der Waals surface area contributed by atoms with Crippen molar-refractivity contribution >= 4 is 32.6 Å². The monoisotopic (exact) mass is 425 g/mol. The van der Waals surface area contributed by atoms with Gasteiger partial charge in [0.05, 0.1) is 11.0 Å². The number of fused-ring (bicyclic) bond motifs is 5. The van der Waals surface area contributed by atoms with Crippen molar-refractivity contribution in [3.63, 3.8) is 0 Å². The molecule has 0 aliphatic heterocycles. The van der Waals surface area contributed by atoms with Crippen molar-refractivity contribution in [3.05, 3.63) is 115 Å². The maximum Gasteiger partial charge on any atom is 0.0619 e. The molecule has 0 fully saturated rings. The molecule has 0 aliphatic carbocycles. The Balaban J connectivity index is 1.67. The largest absolute Gasteiger partial charge is 0.309 e. The zero-order chi connectivity index (χ0) is 22.6. The van der Waals surface area contributed by atoms with Gasteiger partial charge >= 0.3 is 0 Å². The van der Waals surface area contributed by atoms with E-state index >= 15 is 0 Å². The molecule has 1 heterocycles. The molecule has 0 aliphatic rings. The third kappa shape index (κ3) is 3.24. The minimum absolute atomic E-state index is 0.102. The highest BCUT2D eigenvalue weighted by Crippen LogP contribution is 2.38. The number of benzene rings is 5. The number of nitrogens with zero attached hydrogens (tertiary/aromatic N) is 1. The first-order chi connectivity index (χ1) is 16.0. The van der Waals surface area contributed by atoms with Crippen molar-refractivity contribution in [3.8, 4) is 16.8 Å². The maximum absolute atomic E-state index is 2.44. The molecule has 1 aromatic heterocycles. The Morgan fingerprint density at radius 3 is 1.97 bits per heavy atom. The van der Waals surface area contributed by atoms with Gasteiger partial charge in [0.25, 0.3) is 0 Å². The zero-order valence-electron chi connectivity index (χ0n) is 19.3. The van der Waals surface area contributed by atoms with Crippen LogP contribution in [0.1, 0.15) is 26.3 Å². The van der Waals surface area contributed by atoms with E-state index in [0.717, 1.165) is 0 Å². The molecular weight excluding hydrogens is 398 g/mol. The molecule has 0 bridgehead atoms. The second-order valence-corrected chi connectivity index (χ2v) is 9.91. The summed E-state index contributed by atoms with van der Waals surface area (Å²) in [5.41, 5.74) is 7.66. The third-order valence-electron chi connectivity index (χ3n) is 6.75. The predicted octanol–water partition coefficient (Wildman–Crippen LogP) is 8.90. The molecule has 0 saturated heterocycles. The van der Waals surface area contributed by atoms with E-state index in [1.807, 2.05) is 0 Å². The summed E-state index contributed by atoms with van der Waals surface area (Å²) in [5.74, 6) is 0. The van der Waals surface area contributed by atoms with Gasteiger partial charge < -0.3 is 4.57 Å². The Hall–Kier alpha value is -3.84. The summed E-state index contributed by atoms with van der Waals surface area (Å²) in [7, 11) is 0. The molecule has 0 atom stereocenters. The summed E-state index contributed by atoms with van der Waals surface area (Å²) in [5, 5.41) is 5.18. The van der Waals surface area contributed by atoms with Crippen LogP contribution in [0.3, 0.4) is 0 Å². The van der Waals surface area contributed by atoms with E-state index in [4.69, 9.17) is 0 Å². The lowest BCUT2D eigenvalue weighted by atomic mass is 9.85. The standard InChI is InChI=1S/C32H27N/c1-32(2,3)25-17-13-24-16-20-28-27-11-7-8-12-30(27)33(31(28)29(24)21-25)26-18-14-23(15-19-26)22-9-5-4-6-10-22/h4-21H,1-3H3. The molecule has 0 amide bonds. The number of para-hydroxylation sites is 1. The van der Waals surface area contributed by atoms with Crippen LogP contribution < -0.4 is 0 Å². The number of rotatable bonds is 2. The Labute approximate surface area is 194 Å². The van der Waals surface area contributed by atoms with Crippen LogP contribution in [0.15, 0.2) is 109 Å². The smallest absolute Gasteiger partial charge is 0.0619 e. The minimum atomic E-state index is 0.102. The highest BCUT2D eigenvalue weighted by molar-refractivity contribution is 6.18. The van der Waals surface area contributed by atoms with Gasteiger partial charge in [0.15, 0.2) is 0 Å². The topological polar surface area (TPSA) is 4.93 Å². The SMILES string of the molecule is CC(C)(C)c1ccc2ccc3c4ccccc4n(-c4ccc(-c5ccccc5)cc4)c3c2c1. The minimum Gasteiger partial charge on any atom is -0.309 e. The molecule has 5 aromatic carbocycles. The van der Waals surface area contributed by atoms with Crippen molar-refractivity contribution in [2.75, 3.05) is 0 Å². The van der Waals surface area contributed by atoms with Gasteiger partial charge in [-0.3, -0.25) is 0 Å². The Bertz CT molecular complexity index is 1610. The van der Waals surface area contributed by atoms with Crippen molar-refractivity contribution in [2.24, 2.45) is 0 Å². The van der Waals surface area contributed by atoms with Gasteiger partial charge in [-0.15, -0.1) is 0 Å². The van der Waals surface area contributed by atoms with Crippen LogP contribution in [0.5, 0.6) is 0 Å². The van der Waals surface area contributed by atoms with Crippen LogP contribution in [0.4, 0.5) is 0 Å². The lowest BCUT2D eigenvalue weighted by Gasteiger charge is -2.20. The van der Waals surface area contributed by atoms with Gasteiger partial charge in [-0.05, 0) is 51.8 Å². The van der Waals surface area contributed by atoms with E-state index in [2.05, 4.69) is 135 Å². The summed E-state index contributed by atoms with van der Waals surface area (Å²) >= 11 is 0. The lowest BCUT2D eigenvalue weighted by Crippen LogP contribution is -2.10. The first-order valence-electron chi connectivity index (χ1n) is 11.6. The van der Waals surface area contributed by atoms with Gasteiger partial charge in [-0.2, -0.15) is 0 Å². The van der Waals surface area contributed by atoms with Gasteiger partial charge in [0, 0.05) is 21.8 Å². The van der Waals surface area contributed by atoms with Gasteiger partial charge in [-0.25, -0.2) is 0 Å². The molecule has 6 aromatic rings. The molecule has 160 valence electrons. The fourth-order valence-corrected chi connectivity index (χ4v) is 4.95. The molecule has 1 heteroatoms. The van der Waals surface area contributed by atoms with E-state index in [0.29, 0.717) is 0 Å². The molecule has 0 N–H and O–H groups in total. The van der Waals surface area contributed by atoms with Crippen molar-refractivity contribution in [2.45, 2.75) is 26.2 Å². The van der Waals surface area contributed by atoms with Crippen LogP contribution >= 0.6 is 0 Å².